The summed E-state index contributed by atoms with van der Waals surface area (Å²) in [5.74, 6) is 0.239. The molecule has 0 aliphatic heterocycles. The third-order valence-corrected chi connectivity index (χ3v) is 5.26. The molecule has 5 aromatic rings. The Labute approximate surface area is 171 Å². The van der Waals surface area contributed by atoms with E-state index in [0.717, 1.165) is 28.1 Å². The lowest BCUT2D eigenvalue weighted by Crippen LogP contribution is -2.16. The number of nitrogens with one attached hydrogen (secondary N) is 1. The van der Waals surface area contributed by atoms with E-state index in [9.17, 15) is 9.18 Å². The first-order chi connectivity index (χ1) is 14.5. The van der Waals surface area contributed by atoms with Crippen LogP contribution >= 0.6 is 0 Å². The summed E-state index contributed by atoms with van der Waals surface area (Å²) >= 11 is 0. The highest BCUT2D eigenvalue weighted by Crippen LogP contribution is 2.26. The average molecular weight is 399 g/mol. The molecule has 0 radical (unpaired) electrons. The van der Waals surface area contributed by atoms with Gasteiger partial charge in [-0.3, -0.25) is 9.78 Å². The first-order valence-corrected chi connectivity index (χ1v) is 9.47. The van der Waals surface area contributed by atoms with Crippen LogP contribution in [0.5, 0.6) is 0 Å². The average Bonchev–Trinajstić information content (AvgIpc) is 3.25. The number of halogens is 1. The molecule has 0 saturated carbocycles. The minimum atomic E-state index is -0.353. The van der Waals surface area contributed by atoms with Gasteiger partial charge in [0.25, 0.3) is 5.91 Å². The molecule has 0 bridgehead atoms. The molecular formula is C23H18FN5O. The second kappa shape index (κ2) is 6.81. The number of rotatable bonds is 3. The SMILES string of the molecule is Cc1nc2cc(NC(=O)c3cc4cc(F)ccc4n3-c3cccnc3)ccc2n1C. The largest absolute Gasteiger partial charge is 0.331 e. The van der Waals surface area contributed by atoms with Gasteiger partial charge >= 0.3 is 0 Å². The van der Waals surface area contributed by atoms with E-state index in [-0.39, 0.29) is 11.7 Å². The van der Waals surface area contributed by atoms with Gasteiger partial charge < -0.3 is 14.5 Å². The molecule has 1 N–H and O–H groups in total. The normalized spacial score (nSPS) is 11.3. The van der Waals surface area contributed by atoms with Crippen molar-refractivity contribution in [2.24, 2.45) is 7.05 Å². The van der Waals surface area contributed by atoms with Gasteiger partial charge in [0.15, 0.2) is 0 Å². The number of nitrogens with zero attached hydrogens (tertiary/aromatic N) is 4. The highest BCUT2D eigenvalue weighted by atomic mass is 19.1. The third kappa shape index (κ3) is 2.91. The van der Waals surface area contributed by atoms with Crippen LogP contribution in [-0.4, -0.2) is 25.0 Å². The molecule has 148 valence electrons. The van der Waals surface area contributed by atoms with Crippen molar-refractivity contribution in [3.63, 3.8) is 0 Å². The minimum absolute atomic E-state index is 0.303. The molecule has 0 fully saturated rings. The van der Waals surface area contributed by atoms with Crippen LogP contribution in [0.2, 0.25) is 0 Å². The maximum Gasteiger partial charge on any atom is 0.272 e. The molecule has 3 aromatic heterocycles. The molecule has 6 nitrogen and oxygen atoms in total. The number of amides is 1. The molecule has 30 heavy (non-hydrogen) atoms. The fraction of sp³-hybridized carbons (Fsp3) is 0.0870. The summed E-state index contributed by atoms with van der Waals surface area (Å²) in [4.78, 5) is 21.9. The number of carbonyl (C=O) groups is 1. The van der Waals surface area contributed by atoms with Crippen LogP contribution in [0.15, 0.2) is 67.0 Å². The summed E-state index contributed by atoms with van der Waals surface area (Å²) in [7, 11) is 1.95. The molecule has 0 saturated heterocycles. The van der Waals surface area contributed by atoms with E-state index < -0.39 is 0 Å². The van der Waals surface area contributed by atoms with Crippen LogP contribution in [0.3, 0.4) is 0 Å². The summed E-state index contributed by atoms with van der Waals surface area (Å²) in [6, 6.07) is 15.4. The van der Waals surface area contributed by atoms with Gasteiger partial charge in [0.05, 0.1) is 28.4 Å². The fourth-order valence-electron chi connectivity index (χ4n) is 3.71. The van der Waals surface area contributed by atoms with Gasteiger partial charge in [-0.2, -0.15) is 0 Å². The van der Waals surface area contributed by atoms with Crippen molar-refractivity contribution in [2.75, 3.05) is 5.32 Å². The molecule has 2 aromatic carbocycles. The second-order valence-corrected chi connectivity index (χ2v) is 7.16. The van der Waals surface area contributed by atoms with Crippen molar-refractivity contribution < 1.29 is 9.18 Å². The highest BCUT2D eigenvalue weighted by Gasteiger charge is 2.18. The monoisotopic (exact) mass is 399 g/mol. The molecule has 0 atom stereocenters. The number of carbonyl (C=O) groups excluding carboxylic acids is 1. The van der Waals surface area contributed by atoms with Crippen LogP contribution in [0.1, 0.15) is 16.3 Å². The van der Waals surface area contributed by atoms with Crippen molar-refractivity contribution in [3.05, 3.63) is 84.3 Å². The van der Waals surface area contributed by atoms with Crippen LogP contribution in [-0.2, 0) is 7.05 Å². The molecule has 5 rings (SSSR count). The minimum Gasteiger partial charge on any atom is -0.331 e. The van der Waals surface area contributed by atoms with Gasteiger partial charge in [0, 0.05) is 24.3 Å². The Kier molecular flexibility index (Phi) is 4.10. The Hall–Kier alpha value is -4.00. The van der Waals surface area contributed by atoms with Crippen molar-refractivity contribution >= 4 is 33.5 Å². The van der Waals surface area contributed by atoms with E-state index in [1.54, 1.807) is 35.2 Å². The Bertz CT molecular complexity index is 1420. The highest BCUT2D eigenvalue weighted by molar-refractivity contribution is 6.07. The number of imidazole rings is 1. The van der Waals surface area contributed by atoms with Crippen molar-refractivity contribution in [3.8, 4) is 5.69 Å². The zero-order valence-electron chi connectivity index (χ0n) is 16.4. The Morgan fingerprint density at radius 3 is 2.70 bits per heavy atom. The summed E-state index contributed by atoms with van der Waals surface area (Å²) < 4.78 is 17.6. The summed E-state index contributed by atoms with van der Waals surface area (Å²) in [5, 5.41) is 3.58. The van der Waals surface area contributed by atoms with Crippen LogP contribution in [0.25, 0.3) is 27.6 Å². The zero-order chi connectivity index (χ0) is 20.8. The van der Waals surface area contributed by atoms with Crippen molar-refractivity contribution in [2.45, 2.75) is 6.92 Å². The van der Waals surface area contributed by atoms with E-state index in [2.05, 4.69) is 15.3 Å². The first-order valence-electron chi connectivity index (χ1n) is 9.47. The Balaban J connectivity index is 1.59. The molecule has 7 heteroatoms. The van der Waals surface area contributed by atoms with E-state index in [1.807, 2.05) is 42.8 Å². The lowest BCUT2D eigenvalue weighted by atomic mass is 10.2. The van der Waals surface area contributed by atoms with Gasteiger partial charge in [-0.15, -0.1) is 0 Å². The van der Waals surface area contributed by atoms with E-state index in [4.69, 9.17) is 0 Å². The summed E-state index contributed by atoms with van der Waals surface area (Å²) in [6.45, 7) is 1.93. The van der Waals surface area contributed by atoms with Crippen molar-refractivity contribution in [1.29, 1.82) is 0 Å². The van der Waals surface area contributed by atoms with E-state index >= 15 is 0 Å². The number of aryl methyl sites for hydroxylation is 2. The Morgan fingerprint density at radius 2 is 1.90 bits per heavy atom. The standard InChI is InChI=1S/C23H18FN5O/c1-14-26-19-12-17(6-8-21(19)28(14)2)27-23(30)22-11-15-10-16(24)5-7-20(15)29(22)18-4-3-9-25-13-18/h3-13H,1-2H3,(H,27,30). The maximum absolute atomic E-state index is 13.8. The number of fused-ring (bicyclic) bond motifs is 2. The first kappa shape index (κ1) is 18.1. The number of hydrogen-bond donors (Lipinski definition) is 1. The topological polar surface area (TPSA) is 64.7 Å². The fourth-order valence-corrected chi connectivity index (χ4v) is 3.71. The van der Waals surface area contributed by atoms with Crippen LogP contribution in [0, 0.1) is 12.7 Å². The van der Waals surface area contributed by atoms with Crippen LogP contribution in [0.4, 0.5) is 10.1 Å². The number of benzene rings is 2. The molecule has 0 aliphatic rings. The van der Waals surface area contributed by atoms with Gasteiger partial charge in [0.2, 0.25) is 0 Å². The summed E-state index contributed by atoms with van der Waals surface area (Å²) in [6.07, 6.45) is 3.33. The van der Waals surface area contributed by atoms with Gasteiger partial charge in [-0.05, 0) is 61.5 Å². The number of aromatic nitrogens is 4. The Morgan fingerprint density at radius 1 is 1.07 bits per heavy atom. The number of anilines is 1. The lowest BCUT2D eigenvalue weighted by Gasteiger charge is -2.11. The number of hydrogen-bond acceptors (Lipinski definition) is 3. The van der Waals surface area contributed by atoms with Gasteiger partial charge in [-0.25, -0.2) is 9.37 Å². The second-order valence-electron chi connectivity index (χ2n) is 7.16. The molecule has 0 spiro atoms. The number of pyridine rings is 1. The molecule has 0 unspecified atom stereocenters. The van der Waals surface area contributed by atoms with E-state index in [0.29, 0.717) is 16.8 Å². The molecule has 0 aliphatic carbocycles. The predicted octanol–water partition coefficient (Wildman–Crippen LogP) is 4.61. The lowest BCUT2D eigenvalue weighted by molar-refractivity contribution is 0.102. The molecule has 3 heterocycles. The van der Waals surface area contributed by atoms with Crippen LogP contribution < -0.4 is 5.32 Å². The van der Waals surface area contributed by atoms with E-state index in [1.165, 1.54) is 12.1 Å². The third-order valence-electron chi connectivity index (χ3n) is 5.26. The van der Waals surface area contributed by atoms with Crippen molar-refractivity contribution in [1.82, 2.24) is 19.1 Å². The van der Waals surface area contributed by atoms with Gasteiger partial charge in [-0.1, -0.05) is 0 Å². The molecular weight excluding hydrogens is 381 g/mol. The quantitative estimate of drug-likeness (QED) is 0.482. The maximum atomic E-state index is 13.8. The zero-order valence-corrected chi connectivity index (χ0v) is 16.4. The predicted molar refractivity (Wildman–Crippen MR) is 114 cm³/mol. The van der Waals surface area contributed by atoms with Gasteiger partial charge in [0.1, 0.15) is 17.3 Å². The smallest absolute Gasteiger partial charge is 0.272 e. The molecule has 1 amide bonds. The summed E-state index contributed by atoms with van der Waals surface area (Å²) in [5.41, 5.74) is 4.28.